The first-order valence-corrected chi connectivity index (χ1v) is 9.40. The van der Waals surface area contributed by atoms with Crippen LogP contribution >= 0.6 is 0 Å². The van der Waals surface area contributed by atoms with E-state index >= 15 is 0 Å². The van der Waals surface area contributed by atoms with Crippen molar-refractivity contribution in [1.29, 1.82) is 0 Å². The van der Waals surface area contributed by atoms with E-state index in [4.69, 9.17) is 9.47 Å². The van der Waals surface area contributed by atoms with Crippen molar-refractivity contribution >= 4 is 11.7 Å². The van der Waals surface area contributed by atoms with Crippen LogP contribution in [0.1, 0.15) is 31.2 Å². The van der Waals surface area contributed by atoms with Gasteiger partial charge in [0.25, 0.3) is 5.79 Å². The lowest BCUT2D eigenvalue weighted by Crippen LogP contribution is -2.36. The number of hydrogen-bond acceptors (Lipinski definition) is 4. The van der Waals surface area contributed by atoms with Crippen molar-refractivity contribution in [1.82, 2.24) is 4.90 Å². The molecule has 0 unspecified atom stereocenters. The van der Waals surface area contributed by atoms with E-state index in [2.05, 4.69) is 5.32 Å². The van der Waals surface area contributed by atoms with Gasteiger partial charge in [0.2, 0.25) is 0 Å². The van der Waals surface area contributed by atoms with E-state index in [-0.39, 0.29) is 19.2 Å². The average molecular weight is 368 g/mol. The first-order valence-electron chi connectivity index (χ1n) is 9.40. The van der Waals surface area contributed by atoms with Crippen molar-refractivity contribution in [3.8, 4) is 11.5 Å². The van der Waals surface area contributed by atoms with Crippen molar-refractivity contribution in [3.05, 3.63) is 54.1 Å². The molecule has 1 saturated carbocycles. The van der Waals surface area contributed by atoms with Gasteiger partial charge in [-0.3, -0.25) is 0 Å². The van der Waals surface area contributed by atoms with Crippen molar-refractivity contribution in [2.24, 2.45) is 0 Å². The number of ether oxygens (including phenoxy) is 2. The quantitative estimate of drug-likeness (QED) is 0.843. The molecule has 6 nitrogen and oxygen atoms in total. The van der Waals surface area contributed by atoms with Crippen LogP contribution in [-0.2, 0) is 6.54 Å². The molecular weight excluding hydrogens is 344 g/mol. The lowest BCUT2D eigenvalue weighted by molar-refractivity contribution is -0.0716. The standard InChI is InChI=1S/C21H24N2O4/c24-13-12-23(15-16-6-2-1-3-7-16)20(25)22-17-8-9-18-19(14-17)27-21(26-18)10-4-5-11-21/h1-3,6-9,14,24H,4-5,10-13,15H2,(H,22,25). The van der Waals surface area contributed by atoms with Gasteiger partial charge in [-0.2, -0.15) is 0 Å². The maximum absolute atomic E-state index is 12.7. The molecule has 27 heavy (non-hydrogen) atoms. The monoisotopic (exact) mass is 368 g/mol. The van der Waals surface area contributed by atoms with Gasteiger partial charge in [-0.25, -0.2) is 4.79 Å². The van der Waals surface area contributed by atoms with Gasteiger partial charge in [0.15, 0.2) is 11.5 Å². The van der Waals surface area contributed by atoms with Gasteiger partial charge in [0, 0.05) is 37.7 Å². The third-order valence-electron chi connectivity index (χ3n) is 5.03. The van der Waals surface area contributed by atoms with Crippen molar-refractivity contribution in [2.75, 3.05) is 18.5 Å². The summed E-state index contributed by atoms with van der Waals surface area (Å²) in [6.45, 7) is 0.596. The number of carbonyl (C=O) groups excluding carboxylic acids is 1. The van der Waals surface area contributed by atoms with E-state index in [9.17, 15) is 9.90 Å². The molecule has 0 bridgehead atoms. The average Bonchev–Trinajstić information content (AvgIpc) is 3.28. The lowest BCUT2D eigenvalue weighted by Gasteiger charge is -2.22. The van der Waals surface area contributed by atoms with Crippen molar-refractivity contribution in [3.63, 3.8) is 0 Å². The van der Waals surface area contributed by atoms with Gasteiger partial charge < -0.3 is 24.8 Å². The minimum absolute atomic E-state index is 0.0933. The first-order chi connectivity index (χ1) is 13.2. The molecular formula is C21H24N2O4. The Morgan fingerprint density at radius 2 is 1.81 bits per heavy atom. The van der Waals surface area contributed by atoms with Gasteiger partial charge in [0.1, 0.15) is 0 Å². The Bertz CT molecular complexity index is 803. The highest BCUT2D eigenvalue weighted by Gasteiger charge is 2.44. The van der Waals surface area contributed by atoms with Crippen LogP contribution in [0.5, 0.6) is 11.5 Å². The number of fused-ring (bicyclic) bond motifs is 1. The van der Waals surface area contributed by atoms with E-state index in [1.807, 2.05) is 42.5 Å². The Balaban J connectivity index is 1.44. The highest BCUT2D eigenvalue weighted by atomic mass is 16.7. The fourth-order valence-corrected chi connectivity index (χ4v) is 3.67. The fourth-order valence-electron chi connectivity index (χ4n) is 3.67. The second-order valence-electron chi connectivity index (χ2n) is 7.04. The van der Waals surface area contributed by atoms with E-state index in [0.29, 0.717) is 18.0 Å². The highest BCUT2D eigenvalue weighted by Crippen LogP contribution is 2.47. The van der Waals surface area contributed by atoms with E-state index in [0.717, 1.165) is 37.0 Å². The molecule has 2 aromatic carbocycles. The second kappa shape index (κ2) is 7.48. The summed E-state index contributed by atoms with van der Waals surface area (Å²) in [5.74, 6) is 0.888. The summed E-state index contributed by atoms with van der Waals surface area (Å²) >= 11 is 0. The van der Waals surface area contributed by atoms with Crippen LogP contribution in [-0.4, -0.2) is 35.0 Å². The normalized spacial score (nSPS) is 16.5. The molecule has 2 amide bonds. The number of anilines is 1. The topological polar surface area (TPSA) is 71.0 Å². The molecule has 0 atom stereocenters. The van der Waals surface area contributed by atoms with Crippen LogP contribution in [0.4, 0.5) is 10.5 Å². The number of nitrogens with one attached hydrogen (secondary N) is 1. The molecule has 4 rings (SSSR count). The molecule has 2 aromatic rings. The molecule has 142 valence electrons. The summed E-state index contributed by atoms with van der Waals surface area (Å²) in [5, 5.41) is 12.2. The van der Waals surface area contributed by atoms with Crippen molar-refractivity contribution < 1.29 is 19.4 Å². The van der Waals surface area contributed by atoms with Gasteiger partial charge in [-0.15, -0.1) is 0 Å². The van der Waals surface area contributed by atoms with Crippen LogP contribution in [0.3, 0.4) is 0 Å². The fraction of sp³-hybridized carbons (Fsp3) is 0.381. The lowest BCUT2D eigenvalue weighted by atomic mass is 10.2. The Kier molecular flexibility index (Phi) is 4.90. The molecule has 2 N–H and O–H groups in total. The third-order valence-corrected chi connectivity index (χ3v) is 5.03. The van der Waals surface area contributed by atoms with Crippen LogP contribution < -0.4 is 14.8 Å². The predicted octanol–water partition coefficient (Wildman–Crippen LogP) is 3.75. The molecule has 1 aliphatic carbocycles. The Morgan fingerprint density at radius 3 is 2.56 bits per heavy atom. The summed E-state index contributed by atoms with van der Waals surface area (Å²) < 4.78 is 12.1. The minimum Gasteiger partial charge on any atom is -0.448 e. The third kappa shape index (κ3) is 3.85. The Labute approximate surface area is 158 Å². The Morgan fingerprint density at radius 1 is 1.07 bits per heavy atom. The predicted molar refractivity (Wildman–Crippen MR) is 102 cm³/mol. The molecule has 1 fully saturated rings. The smallest absolute Gasteiger partial charge is 0.322 e. The van der Waals surface area contributed by atoms with E-state index in [1.54, 1.807) is 11.0 Å². The van der Waals surface area contributed by atoms with Crippen LogP contribution in [0.2, 0.25) is 0 Å². The molecule has 2 aliphatic rings. The molecule has 0 saturated heterocycles. The summed E-state index contributed by atoms with van der Waals surface area (Å²) in [7, 11) is 0. The molecule has 1 aliphatic heterocycles. The zero-order chi connectivity index (χ0) is 18.7. The van der Waals surface area contributed by atoms with Crippen molar-refractivity contribution in [2.45, 2.75) is 38.0 Å². The number of benzene rings is 2. The maximum atomic E-state index is 12.7. The number of amides is 2. The van der Waals surface area contributed by atoms with Gasteiger partial charge in [0.05, 0.1) is 6.61 Å². The summed E-state index contributed by atoms with van der Waals surface area (Å²) in [6.07, 6.45) is 4.00. The molecule has 0 aromatic heterocycles. The zero-order valence-corrected chi connectivity index (χ0v) is 15.2. The SMILES string of the molecule is O=C(Nc1ccc2c(c1)OC1(CCCC1)O2)N(CCO)Cc1ccccc1. The number of aliphatic hydroxyl groups excluding tert-OH is 1. The number of hydrogen-bond donors (Lipinski definition) is 2. The minimum atomic E-state index is -0.513. The zero-order valence-electron chi connectivity index (χ0n) is 15.2. The van der Waals surface area contributed by atoms with Crippen LogP contribution in [0.15, 0.2) is 48.5 Å². The summed E-state index contributed by atoms with van der Waals surface area (Å²) in [5.41, 5.74) is 1.66. The van der Waals surface area contributed by atoms with Gasteiger partial charge >= 0.3 is 6.03 Å². The van der Waals surface area contributed by atoms with Gasteiger partial charge in [-0.05, 0) is 30.5 Å². The van der Waals surface area contributed by atoms with E-state index in [1.165, 1.54) is 0 Å². The number of carbonyl (C=O) groups is 1. The number of urea groups is 1. The largest absolute Gasteiger partial charge is 0.448 e. The number of aliphatic hydroxyl groups is 1. The van der Waals surface area contributed by atoms with Gasteiger partial charge in [-0.1, -0.05) is 30.3 Å². The Hall–Kier alpha value is -2.73. The number of nitrogens with zero attached hydrogens (tertiary/aromatic N) is 1. The van der Waals surface area contributed by atoms with E-state index < -0.39 is 5.79 Å². The molecule has 0 radical (unpaired) electrons. The molecule has 6 heteroatoms. The maximum Gasteiger partial charge on any atom is 0.322 e. The molecule has 1 heterocycles. The first kappa shape index (κ1) is 17.7. The number of rotatable bonds is 5. The summed E-state index contributed by atoms with van der Waals surface area (Å²) in [6, 6.07) is 14.9. The summed E-state index contributed by atoms with van der Waals surface area (Å²) in [4.78, 5) is 14.3. The second-order valence-corrected chi connectivity index (χ2v) is 7.04. The highest BCUT2D eigenvalue weighted by molar-refractivity contribution is 5.89. The van der Waals surface area contributed by atoms with Crippen LogP contribution in [0, 0.1) is 0 Å². The molecule has 1 spiro atoms. The van der Waals surface area contributed by atoms with Crippen LogP contribution in [0.25, 0.3) is 0 Å².